The van der Waals surface area contributed by atoms with Crippen LogP contribution >= 0.6 is 34.8 Å². The molecule has 100 valence electrons. The molecule has 0 radical (unpaired) electrons. The fraction of sp³-hybridized carbons (Fsp3) is 0.143. The van der Waals surface area contributed by atoms with E-state index in [0.717, 1.165) is 5.56 Å². The largest absolute Gasteiger partial charge is 0.493 e. The molecule has 0 aromatic heterocycles. The zero-order chi connectivity index (χ0) is 13.8. The van der Waals surface area contributed by atoms with Crippen molar-refractivity contribution >= 4 is 34.8 Å². The quantitative estimate of drug-likeness (QED) is 0.690. The van der Waals surface area contributed by atoms with Crippen molar-refractivity contribution in [3.05, 3.63) is 52.0 Å². The van der Waals surface area contributed by atoms with Crippen molar-refractivity contribution in [3.8, 4) is 17.2 Å². The van der Waals surface area contributed by atoms with Crippen LogP contribution in [0.2, 0.25) is 10.0 Å². The van der Waals surface area contributed by atoms with Gasteiger partial charge in [-0.2, -0.15) is 0 Å². The van der Waals surface area contributed by atoms with E-state index in [0.29, 0.717) is 33.2 Å². The number of hydrogen-bond acceptors (Lipinski definition) is 2. The SMILES string of the molecule is COc1cc(CCl)ccc1Oc1ccc(Cl)cc1Cl. The van der Waals surface area contributed by atoms with Crippen molar-refractivity contribution in [2.24, 2.45) is 0 Å². The van der Waals surface area contributed by atoms with E-state index in [1.807, 2.05) is 12.1 Å². The molecule has 0 aliphatic carbocycles. The number of benzene rings is 2. The average molecular weight is 318 g/mol. The highest BCUT2D eigenvalue weighted by Gasteiger charge is 2.09. The summed E-state index contributed by atoms with van der Waals surface area (Å²) in [7, 11) is 1.57. The van der Waals surface area contributed by atoms with E-state index in [1.165, 1.54) is 0 Å². The van der Waals surface area contributed by atoms with E-state index < -0.39 is 0 Å². The molecular weight excluding hydrogens is 307 g/mol. The van der Waals surface area contributed by atoms with Crippen LogP contribution in [0.15, 0.2) is 36.4 Å². The molecule has 0 spiro atoms. The summed E-state index contributed by atoms with van der Waals surface area (Å²) in [4.78, 5) is 0. The molecule has 0 aliphatic heterocycles. The van der Waals surface area contributed by atoms with Gasteiger partial charge in [0.1, 0.15) is 5.75 Å². The lowest BCUT2D eigenvalue weighted by molar-refractivity contribution is 0.378. The molecule has 2 aromatic carbocycles. The van der Waals surface area contributed by atoms with Gasteiger partial charge in [-0.05, 0) is 35.9 Å². The van der Waals surface area contributed by atoms with E-state index in [4.69, 9.17) is 44.3 Å². The summed E-state index contributed by atoms with van der Waals surface area (Å²) in [5.41, 5.74) is 0.952. The minimum atomic E-state index is 0.415. The van der Waals surface area contributed by atoms with Crippen molar-refractivity contribution in [1.29, 1.82) is 0 Å². The third-order valence-corrected chi connectivity index (χ3v) is 3.34. The number of methoxy groups -OCH3 is 1. The smallest absolute Gasteiger partial charge is 0.169 e. The number of rotatable bonds is 4. The van der Waals surface area contributed by atoms with Gasteiger partial charge in [-0.15, -0.1) is 11.6 Å². The lowest BCUT2D eigenvalue weighted by Gasteiger charge is -2.12. The number of halogens is 3. The minimum Gasteiger partial charge on any atom is -0.493 e. The van der Waals surface area contributed by atoms with Gasteiger partial charge in [0.25, 0.3) is 0 Å². The molecule has 0 fully saturated rings. The molecule has 2 nitrogen and oxygen atoms in total. The van der Waals surface area contributed by atoms with Gasteiger partial charge in [-0.1, -0.05) is 29.3 Å². The second-order valence-electron chi connectivity index (χ2n) is 3.80. The van der Waals surface area contributed by atoms with E-state index in [9.17, 15) is 0 Å². The van der Waals surface area contributed by atoms with Gasteiger partial charge < -0.3 is 9.47 Å². The summed E-state index contributed by atoms with van der Waals surface area (Å²) in [6.45, 7) is 0. The van der Waals surface area contributed by atoms with Crippen LogP contribution in [0.25, 0.3) is 0 Å². The lowest BCUT2D eigenvalue weighted by atomic mass is 10.2. The van der Waals surface area contributed by atoms with E-state index >= 15 is 0 Å². The highest BCUT2D eigenvalue weighted by atomic mass is 35.5. The monoisotopic (exact) mass is 316 g/mol. The van der Waals surface area contributed by atoms with Gasteiger partial charge in [-0.25, -0.2) is 0 Å². The molecule has 0 heterocycles. The number of ether oxygens (including phenoxy) is 2. The fourth-order valence-electron chi connectivity index (χ4n) is 1.56. The second kappa shape index (κ2) is 6.38. The average Bonchev–Trinajstić information content (AvgIpc) is 2.42. The van der Waals surface area contributed by atoms with Crippen LogP contribution in [0.1, 0.15) is 5.56 Å². The molecule has 0 atom stereocenters. The van der Waals surface area contributed by atoms with Crippen LogP contribution in [-0.2, 0) is 5.88 Å². The zero-order valence-corrected chi connectivity index (χ0v) is 12.4. The summed E-state index contributed by atoms with van der Waals surface area (Å²) in [6.07, 6.45) is 0. The first kappa shape index (κ1) is 14.3. The Balaban J connectivity index is 2.32. The first-order valence-corrected chi connectivity index (χ1v) is 6.79. The van der Waals surface area contributed by atoms with Gasteiger partial charge in [0.2, 0.25) is 0 Å². The molecule has 0 bridgehead atoms. The zero-order valence-electron chi connectivity index (χ0n) is 10.1. The molecule has 2 rings (SSSR count). The van der Waals surface area contributed by atoms with Crippen LogP contribution in [0.5, 0.6) is 17.2 Å². The molecule has 19 heavy (non-hydrogen) atoms. The molecular formula is C14H11Cl3O2. The maximum Gasteiger partial charge on any atom is 0.169 e. The highest BCUT2D eigenvalue weighted by molar-refractivity contribution is 6.35. The third kappa shape index (κ3) is 3.47. The topological polar surface area (TPSA) is 18.5 Å². The maximum absolute atomic E-state index is 6.06. The van der Waals surface area contributed by atoms with Crippen LogP contribution < -0.4 is 9.47 Å². The van der Waals surface area contributed by atoms with Gasteiger partial charge in [0.05, 0.1) is 12.1 Å². The first-order chi connectivity index (χ1) is 9.13. The summed E-state index contributed by atoms with van der Waals surface area (Å²) in [5.74, 6) is 2.10. The second-order valence-corrected chi connectivity index (χ2v) is 4.91. The normalized spacial score (nSPS) is 10.3. The van der Waals surface area contributed by atoms with E-state index in [1.54, 1.807) is 31.4 Å². The lowest BCUT2D eigenvalue weighted by Crippen LogP contribution is -1.92. The Kier molecular flexibility index (Phi) is 4.81. The number of alkyl halides is 1. The van der Waals surface area contributed by atoms with Gasteiger partial charge in [0, 0.05) is 10.9 Å². The Bertz CT molecular complexity index is 585. The predicted octanol–water partition coefficient (Wildman–Crippen LogP) is 5.53. The van der Waals surface area contributed by atoms with Crippen LogP contribution in [0, 0.1) is 0 Å². The highest BCUT2D eigenvalue weighted by Crippen LogP contribution is 2.36. The molecule has 5 heteroatoms. The van der Waals surface area contributed by atoms with Crippen molar-refractivity contribution < 1.29 is 9.47 Å². The molecule has 2 aromatic rings. The third-order valence-electron chi connectivity index (χ3n) is 2.50. The maximum atomic E-state index is 6.06. The van der Waals surface area contributed by atoms with Crippen molar-refractivity contribution in [2.75, 3.05) is 7.11 Å². The predicted molar refractivity (Wildman–Crippen MR) is 79.1 cm³/mol. The van der Waals surface area contributed by atoms with Gasteiger partial charge in [0.15, 0.2) is 11.5 Å². The molecule has 0 saturated carbocycles. The van der Waals surface area contributed by atoms with E-state index in [-0.39, 0.29) is 0 Å². The Labute approximate surface area is 126 Å². The van der Waals surface area contributed by atoms with Crippen molar-refractivity contribution in [2.45, 2.75) is 5.88 Å². The minimum absolute atomic E-state index is 0.415. The van der Waals surface area contributed by atoms with Gasteiger partial charge in [-0.3, -0.25) is 0 Å². The molecule has 0 aliphatic rings. The van der Waals surface area contributed by atoms with E-state index in [2.05, 4.69) is 0 Å². The first-order valence-electron chi connectivity index (χ1n) is 5.50. The molecule has 0 unspecified atom stereocenters. The summed E-state index contributed by atoms with van der Waals surface area (Å²) in [6, 6.07) is 10.5. The standard InChI is InChI=1S/C14H11Cl3O2/c1-18-14-6-9(8-15)2-4-13(14)19-12-5-3-10(16)7-11(12)17/h2-7H,8H2,1H3. The van der Waals surface area contributed by atoms with Crippen LogP contribution in [-0.4, -0.2) is 7.11 Å². The Morgan fingerprint density at radius 3 is 2.32 bits per heavy atom. The Hall–Kier alpha value is -1.09. The van der Waals surface area contributed by atoms with Crippen molar-refractivity contribution in [1.82, 2.24) is 0 Å². The fourth-order valence-corrected chi connectivity index (χ4v) is 2.17. The molecule has 0 amide bonds. The van der Waals surface area contributed by atoms with Crippen LogP contribution in [0.4, 0.5) is 0 Å². The molecule has 0 saturated heterocycles. The van der Waals surface area contributed by atoms with Gasteiger partial charge >= 0.3 is 0 Å². The Morgan fingerprint density at radius 2 is 1.68 bits per heavy atom. The van der Waals surface area contributed by atoms with Crippen LogP contribution in [0.3, 0.4) is 0 Å². The summed E-state index contributed by atoms with van der Waals surface area (Å²) >= 11 is 17.7. The summed E-state index contributed by atoms with van der Waals surface area (Å²) < 4.78 is 11.0. The number of hydrogen-bond donors (Lipinski definition) is 0. The molecule has 0 N–H and O–H groups in total. The van der Waals surface area contributed by atoms with Crippen molar-refractivity contribution in [3.63, 3.8) is 0 Å². The summed E-state index contributed by atoms with van der Waals surface area (Å²) in [5, 5.41) is 0.998. The Morgan fingerprint density at radius 1 is 0.947 bits per heavy atom.